The molecule has 1 aromatic rings. The summed E-state index contributed by atoms with van der Waals surface area (Å²) in [5.74, 6) is -0.0898. The molecule has 0 amide bonds. The Morgan fingerprint density at radius 2 is 1.95 bits per heavy atom. The molecular formula is C15H17ClO5. The maximum Gasteiger partial charge on any atom is 0.348 e. The van der Waals surface area contributed by atoms with Gasteiger partial charge in [-0.25, -0.2) is 4.79 Å². The number of hydrogen-bond donors (Lipinski definition) is 0. The van der Waals surface area contributed by atoms with Crippen LogP contribution in [-0.4, -0.2) is 37.7 Å². The lowest BCUT2D eigenvalue weighted by Gasteiger charge is -2.09. The lowest BCUT2D eigenvalue weighted by molar-refractivity contribution is -0.151. The van der Waals surface area contributed by atoms with Gasteiger partial charge in [-0.3, -0.25) is 4.79 Å². The summed E-state index contributed by atoms with van der Waals surface area (Å²) in [5, 5.41) is 0.658. The zero-order valence-electron chi connectivity index (χ0n) is 11.8. The Balaban J connectivity index is 1.65. The minimum Gasteiger partial charge on any atom is -0.494 e. The molecule has 2 rings (SSSR count). The van der Waals surface area contributed by atoms with Gasteiger partial charge in [0, 0.05) is 11.4 Å². The lowest BCUT2D eigenvalue weighted by Crippen LogP contribution is -2.35. The van der Waals surface area contributed by atoms with Gasteiger partial charge < -0.3 is 14.2 Å². The molecule has 114 valence electrons. The Morgan fingerprint density at radius 3 is 2.52 bits per heavy atom. The van der Waals surface area contributed by atoms with Crippen molar-refractivity contribution in [2.45, 2.75) is 24.9 Å². The molecule has 0 aliphatic carbocycles. The van der Waals surface area contributed by atoms with E-state index in [-0.39, 0.29) is 18.8 Å². The van der Waals surface area contributed by atoms with Crippen LogP contribution in [0.3, 0.4) is 0 Å². The molecule has 21 heavy (non-hydrogen) atoms. The lowest BCUT2D eigenvalue weighted by atomic mass is 10.0. The van der Waals surface area contributed by atoms with Crippen molar-refractivity contribution in [3.05, 3.63) is 29.3 Å². The Kier molecular flexibility index (Phi) is 5.20. The second-order valence-electron chi connectivity index (χ2n) is 4.79. The van der Waals surface area contributed by atoms with E-state index in [0.29, 0.717) is 24.5 Å². The van der Waals surface area contributed by atoms with Crippen molar-refractivity contribution in [3.63, 3.8) is 0 Å². The van der Waals surface area contributed by atoms with E-state index in [1.807, 2.05) is 0 Å². The predicted octanol–water partition coefficient (Wildman–Crippen LogP) is 2.40. The Morgan fingerprint density at radius 1 is 1.29 bits per heavy atom. The molecule has 5 nitrogen and oxygen atoms in total. The Labute approximate surface area is 128 Å². The molecule has 1 unspecified atom stereocenters. The van der Waals surface area contributed by atoms with Gasteiger partial charge >= 0.3 is 5.97 Å². The van der Waals surface area contributed by atoms with Crippen molar-refractivity contribution >= 4 is 23.4 Å². The molecule has 1 aliphatic rings. The first-order valence-electron chi connectivity index (χ1n) is 6.72. The highest BCUT2D eigenvalue weighted by Crippen LogP contribution is 2.31. The van der Waals surface area contributed by atoms with Crippen LogP contribution in [0.4, 0.5) is 0 Å². The van der Waals surface area contributed by atoms with Crippen LogP contribution >= 0.6 is 11.6 Å². The first kappa shape index (κ1) is 15.8. The molecule has 0 radical (unpaired) electrons. The standard InChI is InChI=1S/C15H17ClO5/c1-19-14(18)15(10-21-15)13(17)4-2-3-9-20-12-7-5-11(16)6-8-12/h5-8H,2-4,9-10H2,1H3. The number of ether oxygens (including phenoxy) is 3. The largest absolute Gasteiger partial charge is 0.494 e. The maximum atomic E-state index is 11.9. The average molecular weight is 313 g/mol. The first-order chi connectivity index (χ1) is 10.1. The van der Waals surface area contributed by atoms with Gasteiger partial charge in [0.05, 0.1) is 20.3 Å². The summed E-state index contributed by atoms with van der Waals surface area (Å²) in [6.45, 7) is 0.626. The highest BCUT2D eigenvalue weighted by atomic mass is 35.5. The molecule has 0 N–H and O–H groups in total. The van der Waals surface area contributed by atoms with E-state index in [1.165, 1.54) is 7.11 Å². The van der Waals surface area contributed by atoms with Crippen molar-refractivity contribution in [2.24, 2.45) is 0 Å². The molecule has 6 heteroatoms. The molecule has 1 saturated heterocycles. The van der Waals surface area contributed by atoms with Crippen LogP contribution in [0.15, 0.2) is 24.3 Å². The van der Waals surface area contributed by atoms with Crippen molar-refractivity contribution in [3.8, 4) is 5.75 Å². The van der Waals surface area contributed by atoms with Crippen LogP contribution in [-0.2, 0) is 19.1 Å². The van der Waals surface area contributed by atoms with Crippen LogP contribution in [0.25, 0.3) is 0 Å². The third-order valence-corrected chi connectivity index (χ3v) is 3.53. The summed E-state index contributed by atoms with van der Waals surface area (Å²) in [7, 11) is 1.25. The average Bonchev–Trinajstić information content (AvgIpc) is 3.29. The zero-order chi connectivity index (χ0) is 15.3. The van der Waals surface area contributed by atoms with Gasteiger partial charge in [-0.1, -0.05) is 11.6 Å². The van der Waals surface area contributed by atoms with Crippen molar-refractivity contribution < 1.29 is 23.8 Å². The summed E-state index contributed by atoms with van der Waals surface area (Å²) in [6.07, 6.45) is 1.62. The number of carbonyl (C=O) groups is 2. The fourth-order valence-electron chi connectivity index (χ4n) is 1.94. The molecule has 1 aromatic carbocycles. The van der Waals surface area contributed by atoms with Crippen LogP contribution in [0.2, 0.25) is 5.02 Å². The van der Waals surface area contributed by atoms with E-state index in [0.717, 1.165) is 5.75 Å². The van der Waals surface area contributed by atoms with Crippen molar-refractivity contribution in [1.82, 2.24) is 0 Å². The molecule has 0 spiro atoms. The Hall–Kier alpha value is -1.59. The molecule has 1 fully saturated rings. The molecule has 0 aromatic heterocycles. The topological polar surface area (TPSA) is 65.1 Å². The van der Waals surface area contributed by atoms with Crippen molar-refractivity contribution in [2.75, 3.05) is 20.3 Å². The summed E-state index contributed by atoms with van der Waals surface area (Å²) < 4.78 is 15.1. The number of epoxide rings is 1. The van der Waals surface area contributed by atoms with Crippen LogP contribution in [0.1, 0.15) is 19.3 Å². The summed E-state index contributed by atoms with van der Waals surface area (Å²) >= 11 is 5.77. The number of rotatable bonds is 8. The molecule has 0 saturated carbocycles. The van der Waals surface area contributed by atoms with Gasteiger partial charge in [0.25, 0.3) is 0 Å². The third kappa shape index (κ3) is 3.95. The highest BCUT2D eigenvalue weighted by Gasteiger charge is 2.59. The third-order valence-electron chi connectivity index (χ3n) is 3.28. The molecule has 1 aliphatic heterocycles. The van der Waals surface area contributed by atoms with Crippen molar-refractivity contribution in [1.29, 1.82) is 0 Å². The van der Waals surface area contributed by atoms with E-state index >= 15 is 0 Å². The summed E-state index contributed by atoms with van der Waals surface area (Å²) in [5.41, 5.74) is -1.33. The second kappa shape index (κ2) is 6.91. The monoisotopic (exact) mass is 312 g/mol. The van der Waals surface area contributed by atoms with E-state index in [2.05, 4.69) is 4.74 Å². The number of benzene rings is 1. The van der Waals surface area contributed by atoms with Gasteiger partial charge in [-0.05, 0) is 37.1 Å². The maximum absolute atomic E-state index is 11.9. The molecule has 1 atom stereocenters. The second-order valence-corrected chi connectivity index (χ2v) is 5.23. The van der Waals surface area contributed by atoms with E-state index in [1.54, 1.807) is 24.3 Å². The van der Waals surface area contributed by atoms with Gasteiger partial charge in [0.15, 0.2) is 5.78 Å². The number of carbonyl (C=O) groups excluding carboxylic acids is 2. The van der Waals surface area contributed by atoms with E-state index in [9.17, 15) is 9.59 Å². The predicted molar refractivity (Wildman–Crippen MR) is 76.5 cm³/mol. The number of Topliss-reactive ketones (excluding diaryl/α,β-unsaturated/α-hetero) is 1. The minimum absolute atomic E-state index is 0.125. The van der Waals surface area contributed by atoms with Crippen LogP contribution in [0, 0.1) is 0 Å². The van der Waals surface area contributed by atoms with Gasteiger partial charge in [0.1, 0.15) is 5.75 Å². The fourth-order valence-corrected chi connectivity index (χ4v) is 2.07. The summed E-state index contributed by atoms with van der Waals surface area (Å²) in [6, 6.07) is 7.09. The number of methoxy groups -OCH3 is 1. The van der Waals surface area contributed by atoms with Crippen LogP contribution in [0.5, 0.6) is 5.75 Å². The number of hydrogen-bond acceptors (Lipinski definition) is 5. The highest BCUT2D eigenvalue weighted by molar-refractivity contribution is 6.30. The Bertz CT molecular complexity index is 507. The number of unbranched alkanes of at least 4 members (excludes halogenated alkanes) is 1. The van der Waals surface area contributed by atoms with E-state index in [4.69, 9.17) is 21.1 Å². The quantitative estimate of drug-likeness (QED) is 0.319. The van der Waals surface area contributed by atoms with Gasteiger partial charge in [0.2, 0.25) is 5.60 Å². The fraction of sp³-hybridized carbons (Fsp3) is 0.467. The first-order valence-corrected chi connectivity index (χ1v) is 7.10. The number of halogens is 1. The normalized spacial score (nSPS) is 19.9. The SMILES string of the molecule is COC(=O)C1(C(=O)CCCCOc2ccc(Cl)cc2)CO1. The van der Waals surface area contributed by atoms with Crippen LogP contribution < -0.4 is 4.74 Å². The zero-order valence-corrected chi connectivity index (χ0v) is 12.5. The number of esters is 1. The smallest absolute Gasteiger partial charge is 0.348 e. The van der Waals surface area contributed by atoms with Gasteiger partial charge in [-0.2, -0.15) is 0 Å². The summed E-state index contributed by atoms with van der Waals surface area (Å²) in [4.78, 5) is 23.4. The van der Waals surface area contributed by atoms with E-state index < -0.39 is 11.6 Å². The molecular weight excluding hydrogens is 296 g/mol. The molecule has 0 bridgehead atoms. The minimum atomic E-state index is -1.33. The molecule has 1 heterocycles. The number of ketones is 1. The van der Waals surface area contributed by atoms with Gasteiger partial charge in [-0.15, -0.1) is 0 Å².